The van der Waals surface area contributed by atoms with Gasteiger partial charge in [0, 0.05) is 13.0 Å². The molecular weight excluding hydrogens is 136 g/mol. The van der Waals surface area contributed by atoms with Crippen LogP contribution >= 0.6 is 0 Å². The molecule has 2 heteroatoms. The van der Waals surface area contributed by atoms with Crippen LogP contribution in [0, 0.1) is 17.8 Å². The van der Waals surface area contributed by atoms with E-state index >= 15 is 0 Å². The maximum Gasteiger partial charge on any atom is 0.110 e. The molecule has 0 atom stereocenters. The number of nitrogens with zero attached hydrogens (tertiary/aromatic N) is 2. The van der Waals surface area contributed by atoms with E-state index in [2.05, 4.69) is 30.8 Å². The molecule has 58 valence electrons. The lowest BCUT2D eigenvalue weighted by Gasteiger charge is -1.90. The van der Waals surface area contributed by atoms with E-state index in [0.717, 1.165) is 5.69 Å². The summed E-state index contributed by atoms with van der Waals surface area (Å²) < 4.78 is 1.77. The fourth-order valence-electron chi connectivity index (χ4n) is 0.715. The van der Waals surface area contributed by atoms with Crippen LogP contribution in [0.5, 0.6) is 0 Å². The molecular formula is C9H12N2. The van der Waals surface area contributed by atoms with E-state index in [0.29, 0.717) is 5.92 Å². The highest BCUT2D eigenvalue weighted by atomic mass is 15.2. The molecule has 0 aliphatic carbocycles. The molecule has 0 unspecified atom stereocenters. The molecule has 1 aromatic rings. The summed E-state index contributed by atoms with van der Waals surface area (Å²) in [6.07, 6.45) is 1.75. The highest BCUT2D eigenvalue weighted by Gasteiger charge is 1.90. The van der Waals surface area contributed by atoms with Crippen LogP contribution in [0.3, 0.4) is 0 Å². The minimum atomic E-state index is 0.421. The number of aryl methyl sites for hydroxylation is 1. The summed E-state index contributed by atoms with van der Waals surface area (Å²) in [6, 6.07) is 1.91. The summed E-state index contributed by atoms with van der Waals surface area (Å²) >= 11 is 0. The average Bonchev–Trinajstić information content (AvgIpc) is 2.31. The summed E-state index contributed by atoms with van der Waals surface area (Å²) in [5.41, 5.74) is 0.971. The minimum absolute atomic E-state index is 0.421. The van der Waals surface area contributed by atoms with Crippen molar-refractivity contribution in [3.63, 3.8) is 0 Å². The van der Waals surface area contributed by atoms with Crippen LogP contribution in [0.25, 0.3) is 0 Å². The van der Waals surface area contributed by atoms with Gasteiger partial charge in [-0.25, -0.2) is 0 Å². The first-order valence-corrected chi connectivity index (χ1v) is 3.69. The molecule has 0 aliphatic rings. The first-order chi connectivity index (χ1) is 5.20. The van der Waals surface area contributed by atoms with E-state index < -0.39 is 0 Å². The smallest absolute Gasteiger partial charge is 0.110 e. The summed E-state index contributed by atoms with van der Waals surface area (Å²) in [6.45, 7) is 4.15. The van der Waals surface area contributed by atoms with Gasteiger partial charge in [0.25, 0.3) is 0 Å². The maximum absolute atomic E-state index is 4.01. The third-order valence-electron chi connectivity index (χ3n) is 1.31. The van der Waals surface area contributed by atoms with Crippen molar-refractivity contribution in [2.24, 2.45) is 13.0 Å². The van der Waals surface area contributed by atoms with Crippen molar-refractivity contribution in [1.29, 1.82) is 0 Å². The molecule has 1 heterocycles. The highest BCUT2D eigenvalue weighted by Crippen LogP contribution is 1.94. The zero-order chi connectivity index (χ0) is 8.27. The van der Waals surface area contributed by atoms with E-state index in [1.165, 1.54) is 0 Å². The van der Waals surface area contributed by atoms with Crippen molar-refractivity contribution < 1.29 is 0 Å². The van der Waals surface area contributed by atoms with Crippen LogP contribution in [0.4, 0.5) is 0 Å². The molecule has 11 heavy (non-hydrogen) atoms. The van der Waals surface area contributed by atoms with Crippen molar-refractivity contribution >= 4 is 0 Å². The Hall–Kier alpha value is -1.23. The van der Waals surface area contributed by atoms with Gasteiger partial charge in [-0.15, -0.1) is 0 Å². The van der Waals surface area contributed by atoms with E-state index in [1.807, 2.05) is 13.1 Å². The summed E-state index contributed by atoms with van der Waals surface area (Å²) in [4.78, 5) is 0. The van der Waals surface area contributed by atoms with Gasteiger partial charge in [-0.2, -0.15) is 5.10 Å². The van der Waals surface area contributed by atoms with E-state index in [9.17, 15) is 0 Å². The monoisotopic (exact) mass is 148 g/mol. The first kappa shape index (κ1) is 7.87. The number of aromatic nitrogens is 2. The van der Waals surface area contributed by atoms with E-state index in [1.54, 1.807) is 10.9 Å². The molecule has 0 radical (unpaired) electrons. The van der Waals surface area contributed by atoms with Crippen LogP contribution in [0.2, 0.25) is 0 Å². The van der Waals surface area contributed by atoms with Gasteiger partial charge in [0.15, 0.2) is 0 Å². The fraction of sp³-hybridized carbons (Fsp3) is 0.444. The molecule has 0 spiro atoms. The van der Waals surface area contributed by atoms with Crippen LogP contribution in [0.15, 0.2) is 12.3 Å². The Bertz CT molecular complexity index is 286. The summed E-state index contributed by atoms with van der Waals surface area (Å²) in [7, 11) is 1.89. The first-order valence-electron chi connectivity index (χ1n) is 3.69. The third kappa shape index (κ3) is 2.12. The molecule has 1 aromatic heterocycles. The van der Waals surface area contributed by atoms with Gasteiger partial charge in [-0.05, 0) is 12.0 Å². The molecule has 0 aliphatic heterocycles. The van der Waals surface area contributed by atoms with Gasteiger partial charge in [0.05, 0.1) is 6.20 Å². The average molecular weight is 148 g/mol. The van der Waals surface area contributed by atoms with Gasteiger partial charge in [0.2, 0.25) is 0 Å². The molecule has 0 N–H and O–H groups in total. The second-order valence-corrected chi connectivity index (χ2v) is 2.76. The molecule has 0 aromatic carbocycles. The standard InChI is InChI=1S/C9H12N2/c1-8(2)4-5-9-6-7-10-11(9)3/h6-8H,1-3H3. The second-order valence-electron chi connectivity index (χ2n) is 2.76. The van der Waals surface area contributed by atoms with Gasteiger partial charge in [-0.3, -0.25) is 4.68 Å². The molecule has 1 rings (SSSR count). The Morgan fingerprint density at radius 1 is 1.55 bits per heavy atom. The number of hydrogen-bond acceptors (Lipinski definition) is 1. The maximum atomic E-state index is 4.01. The zero-order valence-electron chi connectivity index (χ0n) is 7.13. The van der Waals surface area contributed by atoms with Gasteiger partial charge in [-0.1, -0.05) is 19.8 Å². The lowest BCUT2D eigenvalue weighted by atomic mass is 10.2. The lowest BCUT2D eigenvalue weighted by Crippen LogP contribution is -1.93. The topological polar surface area (TPSA) is 17.8 Å². The molecule has 0 saturated carbocycles. The SMILES string of the molecule is CC(C)C#Cc1ccnn1C. The Morgan fingerprint density at radius 2 is 2.27 bits per heavy atom. The highest BCUT2D eigenvalue weighted by molar-refractivity contribution is 5.26. The summed E-state index contributed by atoms with van der Waals surface area (Å²) in [5, 5.41) is 4.01. The van der Waals surface area contributed by atoms with E-state index in [4.69, 9.17) is 0 Å². The van der Waals surface area contributed by atoms with E-state index in [-0.39, 0.29) is 0 Å². The van der Waals surface area contributed by atoms with Gasteiger partial charge < -0.3 is 0 Å². The lowest BCUT2D eigenvalue weighted by molar-refractivity contribution is 0.756. The molecule has 0 amide bonds. The summed E-state index contributed by atoms with van der Waals surface area (Å²) in [5.74, 6) is 6.54. The van der Waals surface area contributed by atoms with Crippen molar-refractivity contribution in [3.8, 4) is 11.8 Å². The fourth-order valence-corrected chi connectivity index (χ4v) is 0.715. The van der Waals surface area contributed by atoms with Gasteiger partial charge >= 0.3 is 0 Å². The quantitative estimate of drug-likeness (QED) is 0.509. The van der Waals surface area contributed by atoms with Crippen LogP contribution < -0.4 is 0 Å². The van der Waals surface area contributed by atoms with Crippen LogP contribution in [-0.4, -0.2) is 9.78 Å². The third-order valence-corrected chi connectivity index (χ3v) is 1.31. The predicted molar refractivity (Wildman–Crippen MR) is 44.9 cm³/mol. The Balaban J connectivity index is 2.81. The number of rotatable bonds is 0. The van der Waals surface area contributed by atoms with Crippen LogP contribution in [-0.2, 0) is 7.05 Å². The number of hydrogen-bond donors (Lipinski definition) is 0. The molecule has 0 saturated heterocycles. The zero-order valence-corrected chi connectivity index (χ0v) is 7.13. The molecule has 2 nitrogen and oxygen atoms in total. The second kappa shape index (κ2) is 3.25. The molecule has 0 bridgehead atoms. The Morgan fingerprint density at radius 3 is 2.73 bits per heavy atom. The Labute approximate surface area is 67.2 Å². The van der Waals surface area contributed by atoms with Gasteiger partial charge in [0.1, 0.15) is 5.69 Å². The van der Waals surface area contributed by atoms with Crippen molar-refractivity contribution in [2.45, 2.75) is 13.8 Å². The predicted octanol–water partition coefficient (Wildman–Crippen LogP) is 1.43. The molecule has 0 fully saturated rings. The van der Waals surface area contributed by atoms with Crippen LogP contribution in [0.1, 0.15) is 19.5 Å². The van der Waals surface area contributed by atoms with Crippen molar-refractivity contribution in [3.05, 3.63) is 18.0 Å². The van der Waals surface area contributed by atoms with Crippen molar-refractivity contribution in [2.75, 3.05) is 0 Å². The largest absolute Gasteiger partial charge is 0.260 e. The normalized spacial score (nSPS) is 9.45. The Kier molecular flexibility index (Phi) is 2.32. The van der Waals surface area contributed by atoms with Crippen molar-refractivity contribution in [1.82, 2.24) is 9.78 Å². The minimum Gasteiger partial charge on any atom is -0.260 e.